The van der Waals surface area contributed by atoms with E-state index in [1.807, 2.05) is 6.92 Å². The first-order chi connectivity index (χ1) is 7.17. The maximum atomic E-state index is 10.8. The highest BCUT2D eigenvalue weighted by Gasteiger charge is 2.05. The molecule has 15 heavy (non-hydrogen) atoms. The van der Waals surface area contributed by atoms with E-state index < -0.39 is 5.91 Å². The third kappa shape index (κ3) is 3.21. The third-order valence-corrected chi connectivity index (χ3v) is 2.11. The number of nitrogens with two attached hydrogens (primary N) is 1. The molecular weight excluding hydrogens is 194 g/mol. The number of primary amides is 1. The number of anilines is 1. The van der Waals surface area contributed by atoms with Crippen molar-refractivity contribution >= 4 is 11.7 Å². The van der Waals surface area contributed by atoms with Gasteiger partial charge < -0.3 is 16.2 Å². The van der Waals surface area contributed by atoms with Gasteiger partial charge in [-0.1, -0.05) is 6.92 Å². The van der Waals surface area contributed by atoms with Crippen molar-refractivity contribution in [2.75, 3.05) is 11.9 Å². The summed E-state index contributed by atoms with van der Waals surface area (Å²) in [6.45, 7) is 2.02. The van der Waals surface area contributed by atoms with Crippen LogP contribution in [0.4, 0.5) is 5.82 Å². The minimum atomic E-state index is -0.497. The van der Waals surface area contributed by atoms with Crippen LogP contribution >= 0.6 is 0 Å². The molecule has 0 aliphatic carbocycles. The molecule has 1 aromatic rings. The highest BCUT2D eigenvalue weighted by molar-refractivity contribution is 5.92. The fourth-order valence-corrected chi connectivity index (χ4v) is 1.11. The van der Waals surface area contributed by atoms with Crippen LogP contribution in [-0.4, -0.2) is 28.6 Å². The van der Waals surface area contributed by atoms with Crippen LogP contribution in [-0.2, 0) is 0 Å². The quantitative estimate of drug-likeness (QED) is 0.653. The number of carbonyl (C=O) groups excluding carboxylic acids is 1. The predicted molar refractivity (Wildman–Crippen MR) is 57.5 cm³/mol. The maximum Gasteiger partial charge on any atom is 0.250 e. The fraction of sp³-hybridized carbons (Fsp3) is 0.400. The Morgan fingerprint density at radius 2 is 2.40 bits per heavy atom. The summed E-state index contributed by atoms with van der Waals surface area (Å²) in [4.78, 5) is 14.8. The number of nitrogens with one attached hydrogen (secondary N) is 1. The van der Waals surface area contributed by atoms with Crippen molar-refractivity contribution in [1.82, 2.24) is 4.98 Å². The van der Waals surface area contributed by atoms with Gasteiger partial charge >= 0.3 is 0 Å². The number of amides is 1. The van der Waals surface area contributed by atoms with Crippen molar-refractivity contribution in [3.05, 3.63) is 23.9 Å². The molecule has 1 heterocycles. The van der Waals surface area contributed by atoms with E-state index in [-0.39, 0.29) is 12.6 Å². The molecule has 0 bridgehead atoms. The Balaban J connectivity index is 2.67. The Hall–Kier alpha value is -1.62. The van der Waals surface area contributed by atoms with Crippen LogP contribution in [0, 0.1) is 0 Å². The second-order valence-corrected chi connectivity index (χ2v) is 3.23. The van der Waals surface area contributed by atoms with Crippen molar-refractivity contribution < 1.29 is 9.90 Å². The SMILES string of the molecule is CCC(CO)Nc1ccc(C(N)=O)cn1. The molecule has 0 saturated carbocycles. The van der Waals surface area contributed by atoms with Crippen molar-refractivity contribution in [2.45, 2.75) is 19.4 Å². The molecule has 5 heteroatoms. The summed E-state index contributed by atoms with van der Waals surface area (Å²) in [7, 11) is 0. The van der Waals surface area contributed by atoms with Crippen LogP contribution in [0.2, 0.25) is 0 Å². The molecule has 4 N–H and O–H groups in total. The Labute approximate surface area is 88.3 Å². The average molecular weight is 209 g/mol. The molecule has 82 valence electrons. The number of hydrogen-bond acceptors (Lipinski definition) is 4. The second-order valence-electron chi connectivity index (χ2n) is 3.23. The van der Waals surface area contributed by atoms with Gasteiger partial charge in [0, 0.05) is 6.20 Å². The van der Waals surface area contributed by atoms with Gasteiger partial charge in [0.2, 0.25) is 5.91 Å². The zero-order valence-electron chi connectivity index (χ0n) is 8.60. The van der Waals surface area contributed by atoms with E-state index >= 15 is 0 Å². The van der Waals surface area contributed by atoms with E-state index in [0.29, 0.717) is 11.4 Å². The van der Waals surface area contributed by atoms with E-state index in [1.165, 1.54) is 6.20 Å². The molecule has 1 atom stereocenters. The number of pyridine rings is 1. The number of aliphatic hydroxyl groups excluding tert-OH is 1. The number of carbonyl (C=O) groups is 1. The van der Waals surface area contributed by atoms with Gasteiger partial charge in [-0.25, -0.2) is 4.98 Å². The topological polar surface area (TPSA) is 88.2 Å². The number of nitrogens with zero attached hydrogens (tertiary/aromatic N) is 1. The van der Waals surface area contributed by atoms with E-state index in [0.717, 1.165) is 6.42 Å². The van der Waals surface area contributed by atoms with Crippen molar-refractivity contribution in [1.29, 1.82) is 0 Å². The monoisotopic (exact) mass is 209 g/mol. The van der Waals surface area contributed by atoms with Crippen LogP contribution in [0.25, 0.3) is 0 Å². The van der Waals surface area contributed by atoms with Crippen LogP contribution < -0.4 is 11.1 Å². The molecule has 0 aliphatic heterocycles. The van der Waals surface area contributed by atoms with E-state index in [9.17, 15) is 4.79 Å². The Morgan fingerprint density at radius 1 is 1.67 bits per heavy atom. The van der Waals surface area contributed by atoms with Gasteiger partial charge in [-0.2, -0.15) is 0 Å². The summed E-state index contributed by atoms with van der Waals surface area (Å²) in [5.41, 5.74) is 5.45. The summed E-state index contributed by atoms with van der Waals surface area (Å²) in [5.74, 6) is 0.129. The Morgan fingerprint density at radius 3 is 2.80 bits per heavy atom. The lowest BCUT2D eigenvalue weighted by molar-refractivity contribution is 0.1000. The number of aromatic nitrogens is 1. The highest BCUT2D eigenvalue weighted by Crippen LogP contribution is 2.07. The lowest BCUT2D eigenvalue weighted by Gasteiger charge is -2.14. The molecule has 1 rings (SSSR count). The number of rotatable bonds is 5. The molecule has 0 aromatic carbocycles. The van der Waals surface area contributed by atoms with Gasteiger partial charge in [-0.3, -0.25) is 4.79 Å². The molecule has 1 amide bonds. The molecule has 0 spiro atoms. The minimum Gasteiger partial charge on any atom is -0.394 e. The first kappa shape index (κ1) is 11.5. The third-order valence-electron chi connectivity index (χ3n) is 2.11. The Kier molecular flexibility index (Phi) is 4.05. The van der Waals surface area contributed by atoms with Crippen LogP contribution in [0.15, 0.2) is 18.3 Å². The predicted octanol–water partition coefficient (Wildman–Crippen LogP) is 0.363. The highest BCUT2D eigenvalue weighted by atomic mass is 16.3. The van der Waals surface area contributed by atoms with Gasteiger partial charge in [0.1, 0.15) is 5.82 Å². The molecule has 0 saturated heterocycles. The molecule has 1 unspecified atom stereocenters. The first-order valence-corrected chi connectivity index (χ1v) is 4.80. The first-order valence-electron chi connectivity index (χ1n) is 4.80. The molecule has 5 nitrogen and oxygen atoms in total. The summed E-state index contributed by atoms with van der Waals surface area (Å²) < 4.78 is 0. The molecule has 1 aromatic heterocycles. The summed E-state index contributed by atoms with van der Waals surface area (Å²) in [6.07, 6.45) is 2.21. The zero-order chi connectivity index (χ0) is 11.3. The molecular formula is C10H15N3O2. The smallest absolute Gasteiger partial charge is 0.250 e. The Bertz CT molecular complexity index is 320. The van der Waals surface area contributed by atoms with Gasteiger partial charge in [0.15, 0.2) is 0 Å². The normalized spacial score (nSPS) is 12.1. The van der Waals surface area contributed by atoms with Crippen LogP contribution in [0.1, 0.15) is 23.7 Å². The summed E-state index contributed by atoms with van der Waals surface area (Å²) in [5, 5.41) is 12.0. The average Bonchev–Trinajstić information content (AvgIpc) is 2.26. The maximum absolute atomic E-state index is 10.8. The summed E-state index contributed by atoms with van der Waals surface area (Å²) >= 11 is 0. The van der Waals surface area contributed by atoms with E-state index in [1.54, 1.807) is 12.1 Å². The largest absolute Gasteiger partial charge is 0.394 e. The minimum absolute atomic E-state index is 0.0167. The number of aliphatic hydroxyl groups is 1. The lowest BCUT2D eigenvalue weighted by atomic mass is 10.2. The fourth-order valence-electron chi connectivity index (χ4n) is 1.11. The lowest BCUT2D eigenvalue weighted by Crippen LogP contribution is -2.23. The van der Waals surface area contributed by atoms with Gasteiger partial charge in [0.25, 0.3) is 0 Å². The van der Waals surface area contributed by atoms with Gasteiger partial charge in [-0.05, 0) is 18.6 Å². The molecule has 0 aliphatic rings. The number of hydrogen-bond donors (Lipinski definition) is 3. The van der Waals surface area contributed by atoms with E-state index in [2.05, 4.69) is 10.3 Å². The van der Waals surface area contributed by atoms with E-state index in [4.69, 9.17) is 10.8 Å². The standard InChI is InChI=1S/C10H15N3O2/c1-2-8(6-14)13-9-4-3-7(5-12-9)10(11)15/h3-5,8,14H,2,6H2,1H3,(H2,11,15)(H,12,13). The van der Waals surface area contributed by atoms with Crippen LogP contribution in [0.5, 0.6) is 0 Å². The summed E-state index contributed by atoms with van der Waals surface area (Å²) in [6, 6.07) is 3.25. The second kappa shape index (κ2) is 5.31. The van der Waals surface area contributed by atoms with Crippen molar-refractivity contribution in [2.24, 2.45) is 5.73 Å². The molecule has 0 fully saturated rings. The zero-order valence-corrected chi connectivity index (χ0v) is 8.60. The van der Waals surface area contributed by atoms with Crippen molar-refractivity contribution in [3.63, 3.8) is 0 Å². The van der Waals surface area contributed by atoms with Crippen molar-refractivity contribution in [3.8, 4) is 0 Å². The van der Waals surface area contributed by atoms with Gasteiger partial charge in [0.05, 0.1) is 18.2 Å². The van der Waals surface area contributed by atoms with Crippen LogP contribution in [0.3, 0.4) is 0 Å². The van der Waals surface area contributed by atoms with Gasteiger partial charge in [-0.15, -0.1) is 0 Å². The molecule has 0 radical (unpaired) electrons.